The molecule has 6 heteroatoms. The molecule has 142 valence electrons. The number of nitrogens with one attached hydrogen (secondary N) is 1. The van der Waals surface area contributed by atoms with Gasteiger partial charge in [0.05, 0.1) is 0 Å². The molecule has 26 heavy (non-hydrogen) atoms. The highest BCUT2D eigenvalue weighted by molar-refractivity contribution is 5.77. The van der Waals surface area contributed by atoms with Crippen molar-refractivity contribution in [1.82, 2.24) is 20.0 Å². The van der Waals surface area contributed by atoms with Crippen LogP contribution in [0.25, 0.3) is 0 Å². The lowest BCUT2D eigenvalue weighted by atomic mass is 10.0. The molecule has 0 aromatic heterocycles. The highest BCUT2D eigenvalue weighted by Crippen LogP contribution is 2.23. The van der Waals surface area contributed by atoms with E-state index in [2.05, 4.69) is 30.4 Å². The van der Waals surface area contributed by atoms with E-state index in [-0.39, 0.29) is 24.1 Å². The second kappa shape index (κ2) is 7.98. The number of carbonyl (C=O) groups excluding carboxylic acids is 2. The van der Waals surface area contributed by atoms with Crippen LogP contribution in [-0.4, -0.2) is 65.0 Å². The minimum Gasteiger partial charge on any atom is -0.336 e. The molecule has 2 fully saturated rings. The first-order chi connectivity index (χ1) is 12.4. The first kappa shape index (κ1) is 18.5. The number of likely N-dealkylation sites (tertiary alicyclic amines) is 1. The van der Waals surface area contributed by atoms with Gasteiger partial charge in [0, 0.05) is 44.8 Å². The summed E-state index contributed by atoms with van der Waals surface area (Å²) in [6.07, 6.45) is 1.71. The van der Waals surface area contributed by atoms with Crippen LogP contribution in [0.15, 0.2) is 24.3 Å². The van der Waals surface area contributed by atoms with Crippen molar-refractivity contribution in [2.24, 2.45) is 0 Å². The topological polar surface area (TPSA) is 55.9 Å². The number of aryl methyl sites for hydroxylation is 1. The molecule has 1 aromatic rings. The van der Waals surface area contributed by atoms with E-state index in [4.69, 9.17) is 0 Å². The highest BCUT2D eigenvalue weighted by Gasteiger charge is 2.35. The van der Waals surface area contributed by atoms with Gasteiger partial charge >= 0.3 is 12.1 Å². The molecule has 2 aliphatic rings. The van der Waals surface area contributed by atoms with Crippen molar-refractivity contribution in [2.45, 2.75) is 52.2 Å². The molecule has 1 N–H and O–H groups in total. The van der Waals surface area contributed by atoms with E-state index in [1.54, 1.807) is 0 Å². The van der Waals surface area contributed by atoms with Gasteiger partial charge in [-0.2, -0.15) is 0 Å². The molecule has 0 spiro atoms. The van der Waals surface area contributed by atoms with Crippen molar-refractivity contribution in [1.29, 1.82) is 0 Å². The van der Waals surface area contributed by atoms with Gasteiger partial charge in [0.25, 0.3) is 0 Å². The Morgan fingerprint density at radius 2 is 1.92 bits per heavy atom. The Morgan fingerprint density at radius 3 is 2.58 bits per heavy atom. The zero-order valence-corrected chi connectivity index (χ0v) is 16.1. The van der Waals surface area contributed by atoms with Gasteiger partial charge < -0.3 is 20.0 Å². The summed E-state index contributed by atoms with van der Waals surface area (Å²) in [6, 6.07) is 8.87. The van der Waals surface area contributed by atoms with Gasteiger partial charge in [0.1, 0.15) is 0 Å². The maximum absolute atomic E-state index is 12.8. The predicted octanol–water partition coefficient (Wildman–Crippen LogP) is 2.82. The van der Waals surface area contributed by atoms with Crippen LogP contribution < -0.4 is 5.32 Å². The van der Waals surface area contributed by atoms with Gasteiger partial charge in [-0.25, -0.2) is 9.59 Å². The quantitative estimate of drug-likeness (QED) is 0.900. The average molecular weight is 358 g/mol. The summed E-state index contributed by atoms with van der Waals surface area (Å²) in [5.41, 5.74) is 2.40. The van der Waals surface area contributed by atoms with Gasteiger partial charge in [-0.1, -0.05) is 29.8 Å². The molecule has 0 unspecified atom stereocenters. The standard InChI is InChI=1S/C20H30N4O2/c1-15(2)21-19(25)22-9-7-18(8-10-22)24-12-11-23(20(24)26)14-17-6-4-5-16(3)13-17/h4-6,13,15,18H,7-12,14H2,1-3H3,(H,21,25). The van der Waals surface area contributed by atoms with Crippen LogP contribution in [0.2, 0.25) is 0 Å². The molecule has 0 saturated carbocycles. The van der Waals surface area contributed by atoms with Crippen LogP contribution in [0.1, 0.15) is 37.8 Å². The van der Waals surface area contributed by atoms with Crippen LogP contribution in [0.4, 0.5) is 9.59 Å². The molecule has 0 aliphatic carbocycles. The van der Waals surface area contributed by atoms with E-state index < -0.39 is 0 Å². The number of amides is 4. The van der Waals surface area contributed by atoms with Gasteiger partial charge in [0.15, 0.2) is 0 Å². The molecule has 4 amide bonds. The zero-order valence-electron chi connectivity index (χ0n) is 16.1. The summed E-state index contributed by atoms with van der Waals surface area (Å²) < 4.78 is 0. The second-order valence-electron chi connectivity index (χ2n) is 7.71. The van der Waals surface area contributed by atoms with Gasteiger partial charge in [0.2, 0.25) is 0 Å². The lowest BCUT2D eigenvalue weighted by Crippen LogP contribution is -2.51. The third-order valence-electron chi connectivity index (χ3n) is 5.19. The third-order valence-corrected chi connectivity index (χ3v) is 5.19. The number of nitrogens with zero attached hydrogens (tertiary/aromatic N) is 3. The predicted molar refractivity (Wildman–Crippen MR) is 102 cm³/mol. The molecular formula is C20H30N4O2. The summed E-state index contributed by atoms with van der Waals surface area (Å²) in [6.45, 7) is 9.67. The van der Waals surface area contributed by atoms with Crippen molar-refractivity contribution in [3.63, 3.8) is 0 Å². The van der Waals surface area contributed by atoms with Crippen molar-refractivity contribution in [3.05, 3.63) is 35.4 Å². The molecule has 2 aliphatic heterocycles. The van der Waals surface area contributed by atoms with E-state index in [1.165, 1.54) is 11.1 Å². The van der Waals surface area contributed by atoms with Crippen LogP contribution in [0.3, 0.4) is 0 Å². The number of hydrogen-bond acceptors (Lipinski definition) is 2. The largest absolute Gasteiger partial charge is 0.336 e. The maximum Gasteiger partial charge on any atom is 0.320 e. The molecule has 0 radical (unpaired) electrons. The van der Waals surface area contributed by atoms with Crippen LogP contribution in [-0.2, 0) is 6.54 Å². The number of benzene rings is 1. The lowest BCUT2D eigenvalue weighted by molar-refractivity contribution is 0.134. The van der Waals surface area contributed by atoms with Crippen LogP contribution >= 0.6 is 0 Å². The average Bonchev–Trinajstić information content (AvgIpc) is 2.95. The number of rotatable bonds is 4. The molecular weight excluding hydrogens is 328 g/mol. The van der Waals surface area contributed by atoms with E-state index in [0.717, 1.165) is 25.9 Å². The van der Waals surface area contributed by atoms with E-state index >= 15 is 0 Å². The minimum atomic E-state index is 0.00673. The smallest absolute Gasteiger partial charge is 0.320 e. The van der Waals surface area contributed by atoms with Crippen molar-refractivity contribution >= 4 is 12.1 Å². The molecule has 3 rings (SSSR count). The van der Waals surface area contributed by atoms with Crippen molar-refractivity contribution in [3.8, 4) is 0 Å². The molecule has 0 bridgehead atoms. The lowest BCUT2D eigenvalue weighted by Gasteiger charge is -2.36. The Balaban J connectivity index is 1.52. The Bertz CT molecular complexity index is 653. The molecule has 2 saturated heterocycles. The van der Waals surface area contributed by atoms with E-state index in [9.17, 15) is 9.59 Å². The SMILES string of the molecule is Cc1cccc(CN2CCN(C3CCN(C(=O)NC(C)C)CC3)C2=O)c1. The Morgan fingerprint density at radius 1 is 1.19 bits per heavy atom. The van der Waals surface area contributed by atoms with Crippen molar-refractivity contribution in [2.75, 3.05) is 26.2 Å². The highest BCUT2D eigenvalue weighted by atomic mass is 16.2. The zero-order chi connectivity index (χ0) is 18.7. The fourth-order valence-electron chi connectivity index (χ4n) is 3.84. The van der Waals surface area contributed by atoms with Crippen LogP contribution in [0.5, 0.6) is 0 Å². The first-order valence-electron chi connectivity index (χ1n) is 9.60. The number of urea groups is 2. The second-order valence-corrected chi connectivity index (χ2v) is 7.71. The molecule has 0 atom stereocenters. The Kier molecular flexibility index (Phi) is 5.69. The minimum absolute atomic E-state index is 0.00673. The van der Waals surface area contributed by atoms with Crippen LogP contribution in [0, 0.1) is 6.92 Å². The fraction of sp³-hybridized carbons (Fsp3) is 0.600. The number of piperidine rings is 1. The summed E-state index contributed by atoms with van der Waals surface area (Å²) in [7, 11) is 0. The molecule has 6 nitrogen and oxygen atoms in total. The number of carbonyl (C=O) groups is 2. The Hall–Kier alpha value is -2.24. The van der Waals surface area contributed by atoms with Gasteiger partial charge in [-0.3, -0.25) is 0 Å². The van der Waals surface area contributed by atoms with Gasteiger partial charge in [-0.05, 0) is 39.2 Å². The Labute approximate surface area is 156 Å². The van der Waals surface area contributed by atoms with E-state index in [0.29, 0.717) is 19.6 Å². The number of hydrogen-bond donors (Lipinski definition) is 1. The molecule has 2 heterocycles. The van der Waals surface area contributed by atoms with E-state index in [1.807, 2.05) is 34.6 Å². The third kappa shape index (κ3) is 4.29. The maximum atomic E-state index is 12.8. The summed E-state index contributed by atoms with van der Waals surface area (Å²) >= 11 is 0. The summed E-state index contributed by atoms with van der Waals surface area (Å²) in [5, 5.41) is 2.94. The first-order valence-corrected chi connectivity index (χ1v) is 9.60. The molecule has 1 aromatic carbocycles. The van der Waals surface area contributed by atoms with Gasteiger partial charge in [-0.15, -0.1) is 0 Å². The fourth-order valence-corrected chi connectivity index (χ4v) is 3.84. The summed E-state index contributed by atoms with van der Waals surface area (Å²) in [5.74, 6) is 0. The normalized spacial score (nSPS) is 18.8. The monoisotopic (exact) mass is 358 g/mol. The van der Waals surface area contributed by atoms with Crippen molar-refractivity contribution < 1.29 is 9.59 Å². The summed E-state index contributed by atoms with van der Waals surface area (Å²) in [4.78, 5) is 30.7.